The standard InChI is InChI=1S/C15H15ClN2O2/c1-19-13-5-3-2-4-11(13)9-20-14-7-6-10(15(17)18)8-12(14)16/h2-8H,9H2,1H3,(H3,17,18). The molecule has 0 heterocycles. The minimum atomic E-state index is -0.0248. The minimum Gasteiger partial charge on any atom is -0.496 e. The molecule has 0 fully saturated rings. The summed E-state index contributed by atoms with van der Waals surface area (Å²) in [6.45, 7) is 0.350. The summed E-state index contributed by atoms with van der Waals surface area (Å²) in [6, 6.07) is 12.6. The van der Waals surface area contributed by atoms with E-state index in [0.717, 1.165) is 11.3 Å². The molecule has 0 aliphatic rings. The van der Waals surface area contributed by atoms with Crippen molar-refractivity contribution in [2.45, 2.75) is 6.61 Å². The van der Waals surface area contributed by atoms with E-state index in [4.69, 9.17) is 32.2 Å². The summed E-state index contributed by atoms with van der Waals surface area (Å²) in [5.41, 5.74) is 6.90. The number of nitrogen functional groups attached to an aromatic ring is 1. The molecule has 104 valence electrons. The lowest BCUT2D eigenvalue weighted by Gasteiger charge is -2.11. The molecule has 0 radical (unpaired) electrons. The lowest BCUT2D eigenvalue weighted by atomic mass is 10.2. The van der Waals surface area contributed by atoms with Crippen LogP contribution in [0.3, 0.4) is 0 Å². The van der Waals surface area contributed by atoms with Gasteiger partial charge in [0.05, 0.1) is 12.1 Å². The van der Waals surface area contributed by atoms with Crippen LogP contribution in [0.4, 0.5) is 0 Å². The second-order valence-corrected chi connectivity index (χ2v) is 4.57. The van der Waals surface area contributed by atoms with E-state index in [1.165, 1.54) is 0 Å². The van der Waals surface area contributed by atoms with E-state index in [1.807, 2.05) is 24.3 Å². The predicted octanol–water partition coefficient (Wildman–Crippen LogP) is 3.21. The predicted molar refractivity (Wildman–Crippen MR) is 79.8 cm³/mol. The summed E-state index contributed by atoms with van der Waals surface area (Å²) in [4.78, 5) is 0. The Kier molecular flexibility index (Phi) is 4.48. The van der Waals surface area contributed by atoms with Crippen LogP contribution in [0.15, 0.2) is 42.5 Å². The van der Waals surface area contributed by atoms with Crippen LogP contribution in [-0.4, -0.2) is 12.9 Å². The Morgan fingerprint density at radius 3 is 2.60 bits per heavy atom. The second-order valence-electron chi connectivity index (χ2n) is 4.16. The highest BCUT2D eigenvalue weighted by molar-refractivity contribution is 6.32. The van der Waals surface area contributed by atoms with Crippen molar-refractivity contribution in [3.05, 3.63) is 58.6 Å². The molecule has 0 saturated heterocycles. The Morgan fingerprint density at radius 1 is 1.20 bits per heavy atom. The molecule has 0 bridgehead atoms. The highest BCUT2D eigenvalue weighted by atomic mass is 35.5. The smallest absolute Gasteiger partial charge is 0.138 e. The number of methoxy groups -OCH3 is 1. The fourth-order valence-electron chi connectivity index (χ4n) is 1.76. The number of hydrogen-bond acceptors (Lipinski definition) is 3. The lowest BCUT2D eigenvalue weighted by molar-refractivity contribution is 0.297. The Labute approximate surface area is 122 Å². The fourth-order valence-corrected chi connectivity index (χ4v) is 2.00. The van der Waals surface area contributed by atoms with Crippen molar-refractivity contribution in [2.75, 3.05) is 7.11 Å². The first-order valence-corrected chi connectivity index (χ1v) is 6.38. The van der Waals surface area contributed by atoms with E-state index in [1.54, 1.807) is 25.3 Å². The van der Waals surface area contributed by atoms with Gasteiger partial charge in [0, 0.05) is 11.1 Å². The van der Waals surface area contributed by atoms with Gasteiger partial charge in [0.2, 0.25) is 0 Å². The molecular formula is C15H15ClN2O2. The van der Waals surface area contributed by atoms with Gasteiger partial charge >= 0.3 is 0 Å². The quantitative estimate of drug-likeness (QED) is 0.656. The van der Waals surface area contributed by atoms with Crippen molar-refractivity contribution < 1.29 is 9.47 Å². The molecule has 0 amide bonds. The molecule has 3 N–H and O–H groups in total. The fraction of sp³-hybridized carbons (Fsp3) is 0.133. The summed E-state index contributed by atoms with van der Waals surface area (Å²) in [5.74, 6) is 1.29. The van der Waals surface area contributed by atoms with Crippen LogP contribution in [0.1, 0.15) is 11.1 Å². The molecule has 0 saturated carbocycles. The van der Waals surface area contributed by atoms with E-state index >= 15 is 0 Å². The Balaban J connectivity index is 2.13. The van der Waals surface area contributed by atoms with Crippen molar-refractivity contribution in [1.29, 1.82) is 5.41 Å². The summed E-state index contributed by atoms with van der Waals surface area (Å²) >= 11 is 6.10. The first-order valence-electron chi connectivity index (χ1n) is 6.00. The Bertz CT molecular complexity index is 629. The first kappa shape index (κ1) is 14.2. The SMILES string of the molecule is COc1ccccc1COc1ccc(C(=N)N)cc1Cl. The molecular weight excluding hydrogens is 276 g/mol. The van der Waals surface area contributed by atoms with Gasteiger partial charge in [-0.05, 0) is 24.3 Å². The maximum Gasteiger partial charge on any atom is 0.138 e. The maximum absolute atomic E-state index is 7.35. The normalized spacial score (nSPS) is 10.1. The molecule has 20 heavy (non-hydrogen) atoms. The molecule has 0 aliphatic carbocycles. The van der Waals surface area contributed by atoms with Gasteiger partial charge in [-0.1, -0.05) is 29.8 Å². The summed E-state index contributed by atoms with van der Waals surface area (Å²) < 4.78 is 10.9. The molecule has 5 heteroatoms. The van der Waals surface area contributed by atoms with Gasteiger partial charge in [0.15, 0.2) is 0 Å². The van der Waals surface area contributed by atoms with E-state index in [0.29, 0.717) is 22.9 Å². The number of nitrogens with one attached hydrogen (secondary N) is 1. The van der Waals surface area contributed by atoms with E-state index < -0.39 is 0 Å². The molecule has 0 atom stereocenters. The molecule has 0 spiro atoms. The number of halogens is 1. The van der Waals surface area contributed by atoms with Crippen molar-refractivity contribution in [1.82, 2.24) is 0 Å². The van der Waals surface area contributed by atoms with Crippen LogP contribution in [-0.2, 0) is 6.61 Å². The molecule has 2 aromatic carbocycles. The number of ether oxygens (including phenoxy) is 2. The number of benzene rings is 2. The van der Waals surface area contributed by atoms with E-state index in [2.05, 4.69) is 0 Å². The topological polar surface area (TPSA) is 68.3 Å². The van der Waals surface area contributed by atoms with Crippen LogP contribution < -0.4 is 15.2 Å². The third-order valence-corrected chi connectivity index (χ3v) is 3.11. The molecule has 0 unspecified atom stereocenters. The zero-order valence-electron chi connectivity index (χ0n) is 11.0. The van der Waals surface area contributed by atoms with Gasteiger partial charge in [-0.25, -0.2) is 0 Å². The van der Waals surface area contributed by atoms with Crippen molar-refractivity contribution in [2.24, 2.45) is 5.73 Å². The van der Waals surface area contributed by atoms with Crippen molar-refractivity contribution in [3.63, 3.8) is 0 Å². The zero-order chi connectivity index (χ0) is 14.5. The van der Waals surface area contributed by atoms with Gasteiger partial charge in [-0.15, -0.1) is 0 Å². The van der Waals surface area contributed by atoms with Crippen LogP contribution in [0, 0.1) is 5.41 Å². The third kappa shape index (κ3) is 3.22. The monoisotopic (exact) mass is 290 g/mol. The van der Waals surface area contributed by atoms with Crippen molar-refractivity contribution >= 4 is 17.4 Å². The number of para-hydroxylation sites is 1. The van der Waals surface area contributed by atoms with Crippen molar-refractivity contribution in [3.8, 4) is 11.5 Å². The number of hydrogen-bond donors (Lipinski definition) is 2. The van der Waals surface area contributed by atoms with Crippen LogP contribution in [0.25, 0.3) is 0 Å². The lowest BCUT2D eigenvalue weighted by Crippen LogP contribution is -2.10. The van der Waals surface area contributed by atoms with Gasteiger partial charge in [0.1, 0.15) is 23.9 Å². The van der Waals surface area contributed by atoms with Gasteiger partial charge in [0.25, 0.3) is 0 Å². The summed E-state index contributed by atoms with van der Waals surface area (Å²) in [7, 11) is 1.62. The minimum absolute atomic E-state index is 0.0248. The van der Waals surface area contributed by atoms with Gasteiger partial charge in [-0.2, -0.15) is 0 Å². The molecule has 2 aromatic rings. The maximum atomic E-state index is 7.35. The number of amidine groups is 1. The third-order valence-electron chi connectivity index (χ3n) is 2.82. The Morgan fingerprint density at radius 2 is 1.95 bits per heavy atom. The molecule has 4 nitrogen and oxygen atoms in total. The zero-order valence-corrected chi connectivity index (χ0v) is 11.8. The highest BCUT2D eigenvalue weighted by Crippen LogP contribution is 2.27. The number of rotatable bonds is 5. The highest BCUT2D eigenvalue weighted by Gasteiger charge is 2.07. The van der Waals surface area contributed by atoms with Gasteiger partial charge < -0.3 is 15.2 Å². The summed E-state index contributed by atoms with van der Waals surface area (Å²) in [6.07, 6.45) is 0. The second kappa shape index (κ2) is 6.30. The van der Waals surface area contributed by atoms with Crippen LogP contribution >= 0.6 is 11.6 Å². The average molecular weight is 291 g/mol. The van der Waals surface area contributed by atoms with E-state index in [9.17, 15) is 0 Å². The van der Waals surface area contributed by atoms with Crippen LogP contribution in [0.2, 0.25) is 5.02 Å². The largest absolute Gasteiger partial charge is 0.496 e. The number of nitrogens with two attached hydrogens (primary N) is 1. The summed E-state index contributed by atoms with van der Waals surface area (Å²) in [5, 5.41) is 7.78. The molecule has 0 aliphatic heterocycles. The first-order chi connectivity index (χ1) is 9.61. The van der Waals surface area contributed by atoms with E-state index in [-0.39, 0.29) is 5.84 Å². The average Bonchev–Trinajstić information content (AvgIpc) is 2.46. The molecule has 2 rings (SSSR count). The Hall–Kier alpha value is -2.20. The molecule has 0 aromatic heterocycles. The van der Waals surface area contributed by atoms with Crippen LogP contribution in [0.5, 0.6) is 11.5 Å². The van der Waals surface area contributed by atoms with Gasteiger partial charge in [-0.3, -0.25) is 5.41 Å².